The van der Waals surface area contributed by atoms with Crippen LogP contribution in [0, 0.1) is 5.92 Å². The van der Waals surface area contributed by atoms with Crippen molar-refractivity contribution in [1.82, 2.24) is 4.90 Å². The molecule has 1 N–H and O–H groups in total. The van der Waals surface area contributed by atoms with Crippen molar-refractivity contribution >= 4 is 23.4 Å². The monoisotopic (exact) mass is 265 g/mol. The average molecular weight is 265 g/mol. The SMILES string of the molecule is CC1CCN(Cc2ccc(/C=C/C(=O)O)s2)CC1. The molecule has 1 saturated heterocycles. The van der Waals surface area contributed by atoms with Gasteiger partial charge in [-0.3, -0.25) is 4.90 Å². The Kier molecular flexibility index (Phi) is 4.55. The molecular weight excluding hydrogens is 246 g/mol. The van der Waals surface area contributed by atoms with Gasteiger partial charge in [0.05, 0.1) is 0 Å². The van der Waals surface area contributed by atoms with Gasteiger partial charge >= 0.3 is 5.97 Å². The summed E-state index contributed by atoms with van der Waals surface area (Å²) in [4.78, 5) is 15.2. The van der Waals surface area contributed by atoms with Gasteiger partial charge in [-0.15, -0.1) is 11.3 Å². The summed E-state index contributed by atoms with van der Waals surface area (Å²) >= 11 is 1.68. The van der Waals surface area contributed by atoms with E-state index in [2.05, 4.69) is 17.9 Å². The smallest absolute Gasteiger partial charge is 0.328 e. The summed E-state index contributed by atoms with van der Waals surface area (Å²) in [5, 5.41) is 8.58. The summed E-state index contributed by atoms with van der Waals surface area (Å²) < 4.78 is 0. The minimum Gasteiger partial charge on any atom is -0.478 e. The molecule has 1 aromatic heterocycles. The molecule has 2 heterocycles. The number of carboxylic acid groups (broad SMARTS) is 1. The van der Waals surface area contributed by atoms with Crippen LogP contribution in [0.2, 0.25) is 0 Å². The third-order valence-electron chi connectivity index (χ3n) is 3.33. The van der Waals surface area contributed by atoms with E-state index < -0.39 is 5.97 Å². The summed E-state index contributed by atoms with van der Waals surface area (Å²) in [6.07, 6.45) is 5.43. The summed E-state index contributed by atoms with van der Waals surface area (Å²) in [5.74, 6) is -0.0337. The zero-order valence-corrected chi connectivity index (χ0v) is 11.4. The molecule has 0 spiro atoms. The Morgan fingerprint density at radius 2 is 2.22 bits per heavy atom. The second-order valence-electron chi connectivity index (χ2n) is 4.93. The molecule has 0 bridgehead atoms. The second-order valence-corrected chi connectivity index (χ2v) is 6.13. The molecular formula is C14H19NO2S. The van der Waals surface area contributed by atoms with E-state index >= 15 is 0 Å². The van der Waals surface area contributed by atoms with Crippen molar-refractivity contribution < 1.29 is 9.90 Å². The molecule has 1 aliphatic heterocycles. The molecule has 1 fully saturated rings. The highest BCUT2D eigenvalue weighted by molar-refractivity contribution is 7.12. The summed E-state index contributed by atoms with van der Waals surface area (Å²) in [6, 6.07) is 4.09. The van der Waals surface area contributed by atoms with Crippen molar-refractivity contribution in [3.63, 3.8) is 0 Å². The van der Waals surface area contributed by atoms with Gasteiger partial charge in [0.2, 0.25) is 0 Å². The molecule has 0 aliphatic carbocycles. The van der Waals surface area contributed by atoms with E-state index in [0.717, 1.165) is 17.3 Å². The van der Waals surface area contributed by atoms with Crippen LogP contribution in [0.3, 0.4) is 0 Å². The predicted octanol–water partition coefficient (Wildman–Crippen LogP) is 3.08. The van der Waals surface area contributed by atoms with Crippen LogP contribution in [0.25, 0.3) is 6.08 Å². The lowest BCUT2D eigenvalue weighted by Crippen LogP contribution is -2.32. The van der Waals surface area contributed by atoms with E-state index in [1.165, 1.54) is 36.9 Å². The molecule has 1 aliphatic rings. The number of aliphatic carboxylic acids is 1. The Labute approximate surface area is 112 Å². The number of piperidine rings is 1. The number of hydrogen-bond acceptors (Lipinski definition) is 3. The van der Waals surface area contributed by atoms with Gasteiger partial charge in [0.1, 0.15) is 0 Å². The van der Waals surface area contributed by atoms with Gasteiger partial charge in [-0.05, 0) is 50.1 Å². The van der Waals surface area contributed by atoms with Crippen LogP contribution in [0.4, 0.5) is 0 Å². The minimum absolute atomic E-state index is 0.860. The van der Waals surface area contributed by atoms with Gasteiger partial charge in [-0.1, -0.05) is 6.92 Å². The van der Waals surface area contributed by atoms with Gasteiger partial charge in [0.15, 0.2) is 0 Å². The quantitative estimate of drug-likeness (QED) is 0.851. The van der Waals surface area contributed by atoms with Crippen LogP contribution in [-0.2, 0) is 11.3 Å². The first-order valence-corrected chi connectivity index (χ1v) is 7.17. The highest BCUT2D eigenvalue weighted by Gasteiger charge is 2.16. The lowest BCUT2D eigenvalue weighted by atomic mass is 9.99. The van der Waals surface area contributed by atoms with Gasteiger partial charge in [-0.2, -0.15) is 0 Å². The van der Waals surface area contributed by atoms with Crippen molar-refractivity contribution in [2.75, 3.05) is 13.1 Å². The van der Waals surface area contributed by atoms with Crippen molar-refractivity contribution in [3.8, 4) is 0 Å². The van der Waals surface area contributed by atoms with Gasteiger partial charge in [-0.25, -0.2) is 4.79 Å². The van der Waals surface area contributed by atoms with Crippen LogP contribution in [-0.4, -0.2) is 29.1 Å². The van der Waals surface area contributed by atoms with Crippen LogP contribution < -0.4 is 0 Å². The molecule has 0 amide bonds. The van der Waals surface area contributed by atoms with Crippen LogP contribution in [0.5, 0.6) is 0 Å². The first kappa shape index (κ1) is 13.3. The summed E-state index contributed by atoms with van der Waals surface area (Å²) in [6.45, 7) is 5.67. The first-order valence-electron chi connectivity index (χ1n) is 6.35. The molecule has 1 aromatic rings. The van der Waals surface area contributed by atoms with Gasteiger partial charge in [0, 0.05) is 22.4 Å². The van der Waals surface area contributed by atoms with E-state index in [-0.39, 0.29) is 0 Å². The second kappa shape index (κ2) is 6.16. The maximum atomic E-state index is 10.4. The molecule has 0 saturated carbocycles. The number of likely N-dealkylation sites (tertiary alicyclic amines) is 1. The highest BCUT2D eigenvalue weighted by atomic mass is 32.1. The maximum absolute atomic E-state index is 10.4. The standard InChI is InChI=1S/C14H19NO2S/c1-11-6-8-15(9-7-11)10-13-3-2-12(18-13)4-5-14(16)17/h2-5,11H,6-10H2,1H3,(H,16,17)/b5-4+. The molecule has 0 atom stereocenters. The Morgan fingerprint density at radius 1 is 1.50 bits per heavy atom. The molecule has 2 rings (SSSR count). The fourth-order valence-electron chi connectivity index (χ4n) is 2.16. The third kappa shape index (κ3) is 3.96. The van der Waals surface area contributed by atoms with E-state index in [0.29, 0.717) is 0 Å². The fourth-order valence-corrected chi connectivity index (χ4v) is 3.12. The average Bonchev–Trinajstić information content (AvgIpc) is 2.77. The third-order valence-corrected chi connectivity index (χ3v) is 4.36. The molecule has 0 unspecified atom stereocenters. The molecule has 98 valence electrons. The highest BCUT2D eigenvalue weighted by Crippen LogP contribution is 2.23. The number of thiophene rings is 1. The van der Waals surface area contributed by atoms with E-state index in [4.69, 9.17) is 5.11 Å². The lowest BCUT2D eigenvalue weighted by Gasteiger charge is -2.29. The van der Waals surface area contributed by atoms with Crippen molar-refractivity contribution in [2.24, 2.45) is 5.92 Å². The van der Waals surface area contributed by atoms with E-state index in [9.17, 15) is 4.79 Å². The van der Waals surface area contributed by atoms with Crippen molar-refractivity contribution in [2.45, 2.75) is 26.3 Å². The zero-order chi connectivity index (χ0) is 13.0. The topological polar surface area (TPSA) is 40.5 Å². The predicted molar refractivity (Wildman–Crippen MR) is 74.7 cm³/mol. The minimum atomic E-state index is -0.894. The maximum Gasteiger partial charge on any atom is 0.328 e. The molecule has 0 radical (unpaired) electrons. The largest absolute Gasteiger partial charge is 0.478 e. The molecule has 0 aromatic carbocycles. The Hall–Kier alpha value is -1.13. The number of nitrogens with zero attached hydrogens (tertiary/aromatic N) is 1. The normalized spacial score (nSPS) is 18.5. The first-order chi connectivity index (χ1) is 8.63. The number of rotatable bonds is 4. The summed E-state index contributed by atoms with van der Waals surface area (Å²) in [5.41, 5.74) is 0. The van der Waals surface area contributed by atoms with E-state index in [1.807, 2.05) is 6.07 Å². The Balaban J connectivity index is 1.88. The number of carbonyl (C=O) groups is 1. The van der Waals surface area contributed by atoms with Gasteiger partial charge in [0.25, 0.3) is 0 Å². The molecule has 4 heteroatoms. The number of carboxylic acids is 1. The zero-order valence-electron chi connectivity index (χ0n) is 10.6. The lowest BCUT2D eigenvalue weighted by molar-refractivity contribution is -0.131. The molecule has 18 heavy (non-hydrogen) atoms. The Bertz CT molecular complexity index is 431. The number of hydrogen-bond donors (Lipinski definition) is 1. The molecule has 3 nitrogen and oxygen atoms in total. The van der Waals surface area contributed by atoms with Gasteiger partial charge < -0.3 is 5.11 Å². The van der Waals surface area contributed by atoms with E-state index in [1.54, 1.807) is 17.4 Å². The van der Waals surface area contributed by atoms with Crippen molar-refractivity contribution in [1.29, 1.82) is 0 Å². The Morgan fingerprint density at radius 3 is 2.89 bits per heavy atom. The summed E-state index contributed by atoms with van der Waals surface area (Å²) in [7, 11) is 0. The van der Waals surface area contributed by atoms with Crippen LogP contribution >= 0.6 is 11.3 Å². The van der Waals surface area contributed by atoms with Crippen LogP contribution in [0.1, 0.15) is 29.5 Å². The van der Waals surface area contributed by atoms with Crippen molar-refractivity contribution in [3.05, 3.63) is 28.0 Å². The van der Waals surface area contributed by atoms with Crippen LogP contribution in [0.15, 0.2) is 18.2 Å². The fraction of sp³-hybridized carbons (Fsp3) is 0.500.